The summed E-state index contributed by atoms with van der Waals surface area (Å²) in [6.45, 7) is 1.83. The van der Waals surface area contributed by atoms with Gasteiger partial charge in [-0.2, -0.15) is 4.37 Å². The van der Waals surface area contributed by atoms with Crippen molar-refractivity contribution in [2.75, 3.05) is 5.73 Å². The van der Waals surface area contributed by atoms with E-state index in [-0.39, 0.29) is 0 Å². The number of aromatic nitrogens is 2. The predicted octanol–water partition coefficient (Wildman–Crippen LogP) is 1.68. The van der Waals surface area contributed by atoms with Crippen molar-refractivity contribution >= 4 is 34.9 Å². The van der Waals surface area contributed by atoms with Gasteiger partial charge in [-0.15, -0.1) is 0 Å². The number of benzene rings is 1. The number of amides is 1. The lowest BCUT2D eigenvalue weighted by atomic mass is 10.2. The Hall–Kier alpha value is -1.60. The van der Waals surface area contributed by atoms with Gasteiger partial charge in [-0.05, 0) is 36.7 Å². The first kappa shape index (κ1) is 11.9. The largest absolute Gasteiger partial charge is 0.398 e. The van der Waals surface area contributed by atoms with Crippen molar-refractivity contribution in [1.82, 2.24) is 9.36 Å². The predicted molar refractivity (Wildman–Crippen MR) is 68.1 cm³/mol. The molecular formula is C10H10N4OS2. The van der Waals surface area contributed by atoms with E-state index < -0.39 is 5.91 Å². The molecule has 0 fully saturated rings. The molecule has 4 N–H and O–H groups in total. The zero-order valence-electron chi connectivity index (χ0n) is 9.01. The number of anilines is 1. The van der Waals surface area contributed by atoms with Gasteiger partial charge in [0.2, 0.25) is 5.91 Å². The molecule has 1 amide bonds. The van der Waals surface area contributed by atoms with Gasteiger partial charge in [-0.1, -0.05) is 11.8 Å². The number of rotatable bonds is 3. The SMILES string of the molecule is Cc1nsc(Sc2ccc(C(N)=O)cc2N)n1. The highest BCUT2D eigenvalue weighted by molar-refractivity contribution is 8.01. The molecule has 5 nitrogen and oxygen atoms in total. The van der Waals surface area contributed by atoms with Gasteiger partial charge >= 0.3 is 0 Å². The van der Waals surface area contributed by atoms with Crippen LogP contribution in [-0.2, 0) is 0 Å². The first-order chi connectivity index (χ1) is 8.06. The summed E-state index contributed by atoms with van der Waals surface area (Å²) in [7, 11) is 0. The monoisotopic (exact) mass is 266 g/mol. The second kappa shape index (κ2) is 4.72. The zero-order valence-corrected chi connectivity index (χ0v) is 10.6. The number of carbonyl (C=O) groups is 1. The maximum Gasteiger partial charge on any atom is 0.248 e. The smallest absolute Gasteiger partial charge is 0.248 e. The Morgan fingerprint density at radius 2 is 2.24 bits per heavy atom. The molecule has 17 heavy (non-hydrogen) atoms. The number of primary amides is 1. The molecule has 2 rings (SSSR count). The summed E-state index contributed by atoms with van der Waals surface area (Å²) in [6.07, 6.45) is 0. The summed E-state index contributed by atoms with van der Waals surface area (Å²) in [6, 6.07) is 4.98. The number of carbonyl (C=O) groups excluding carboxylic acids is 1. The molecule has 2 aromatic rings. The Morgan fingerprint density at radius 3 is 2.76 bits per heavy atom. The molecule has 1 aromatic carbocycles. The van der Waals surface area contributed by atoms with Crippen molar-refractivity contribution in [3.63, 3.8) is 0 Å². The Bertz CT molecular complexity index is 567. The van der Waals surface area contributed by atoms with Crippen LogP contribution < -0.4 is 11.5 Å². The van der Waals surface area contributed by atoms with Crippen LogP contribution in [0.4, 0.5) is 5.69 Å². The lowest BCUT2D eigenvalue weighted by molar-refractivity contribution is 0.100. The third kappa shape index (κ3) is 2.75. The molecule has 0 unspecified atom stereocenters. The molecule has 0 aliphatic carbocycles. The minimum absolute atomic E-state index is 0.403. The number of hydrogen-bond donors (Lipinski definition) is 2. The average Bonchev–Trinajstić information content (AvgIpc) is 2.67. The Kier molecular flexibility index (Phi) is 3.30. The van der Waals surface area contributed by atoms with E-state index in [1.807, 2.05) is 6.92 Å². The number of nitrogens with zero attached hydrogens (tertiary/aromatic N) is 2. The van der Waals surface area contributed by atoms with Gasteiger partial charge in [0, 0.05) is 16.1 Å². The van der Waals surface area contributed by atoms with Crippen molar-refractivity contribution in [3.8, 4) is 0 Å². The van der Waals surface area contributed by atoms with Crippen LogP contribution in [0.1, 0.15) is 16.2 Å². The second-order valence-electron chi connectivity index (χ2n) is 3.33. The van der Waals surface area contributed by atoms with Crippen LogP contribution in [0.2, 0.25) is 0 Å². The van der Waals surface area contributed by atoms with E-state index in [0.29, 0.717) is 11.3 Å². The molecule has 1 heterocycles. The second-order valence-corrected chi connectivity index (χ2v) is 5.37. The van der Waals surface area contributed by atoms with Gasteiger partial charge in [0.1, 0.15) is 5.82 Å². The highest BCUT2D eigenvalue weighted by Gasteiger charge is 2.08. The van der Waals surface area contributed by atoms with Crippen LogP contribution in [0.25, 0.3) is 0 Å². The topological polar surface area (TPSA) is 94.9 Å². The van der Waals surface area contributed by atoms with Crippen LogP contribution in [0, 0.1) is 6.92 Å². The Balaban J connectivity index is 2.25. The van der Waals surface area contributed by atoms with E-state index in [1.54, 1.807) is 18.2 Å². The molecule has 0 spiro atoms. The minimum Gasteiger partial charge on any atom is -0.398 e. The summed E-state index contributed by atoms with van der Waals surface area (Å²) in [5.74, 6) is 0.254. The van der Waals surface area contributed by atoms with Gasteiger partial charge in [-0.25, -0.2) is 4.98 Å². The summed E-state index contributed by atoms with van der Waals surface area (Å²) >= 11 is 2.74. The number of nitrogen functional groups attached to an aromatic ring is 1. The molecule has 0 saturated heterocycles. The highest BCUT2D eigenvalue weighted by Crippen LogP contribution is 2.33. The van der Waals surface area contributed by atoms with Crippen molar-refractivity contribution in [3.05, 3.63) is 29.6 Å². The standard InChI is InChI=1S/C10H10N4OS2/c1-5-13-10(17-14-5)16-8-3-2-6(9(12)15)4-7(8)11/h2-4H,11H2,1H3,(H2,12,15). The fraction of sp³-hybridized carbons (Fsp3) is 0.100. The van der Waals surface area contributed by atoms with Crippen LogP contribution in [-0.4, -0.2) is 15.3 Å². The van der Waals surface area contributed by atoms with Crippen LogP contribution in [0.5, 0.6) is 0 Å². The van der Waals surface area contributed by atoms with Gasteiger partial charge in [0.25, 0.3) is 0 Å². The summed E-state index contributed by atoms with van der Waals surface area (Å²) in [5.41, 5.74) is 11.9. The summed E-state index contributed by atoms with van der Waals surface area (Å²) < 4.78 is 4.90. The molecule has 7 heteroatoms. The molecule has 0 bridgehead atoms. The van der Waals surface area contributed by atoms with E-state index in [0.717, 1.165) is 15.1 Å². The van der Waals surface area contributed by atoms with Crippen LogP contribution >= 0.6 is 23.3 Å². The third-order valence-electron chi connectivity index (χ3n) is 2.00. The molecule has 0 aliphatic heterocycles. The molecule has 88 valence electrons. The Morgan fingerprint density at radius 1 is 1.47 bits per heavy atom. The van der Waals surface area contributed by atoms with Gasteiger partial charge in [-0.3, -0.25) is 4.79 Å². The maximum absolute atomic E-state index is 11.0. The van der Waals surface area contributed by atoms with E-state index in [2.05, 4.69) is 9.36 Å². The maximum atomic E-state index is 11.0. The quantitative estimate of drug-likeness (QED) is 0.824. The zero-order chi connectivity index (χ0) is 12.4. The van der Waals surface area contributed by atoms with Crippen molar-refractivity contribution in [1.29, 1.82) is 0 Å². The molecule has 0 radical (unpaired) electrons. The number of hydrogen-bond acceptors (Lipinski definition) is 6. The van der Waals surface area contributed by atoms with Gasteiger partial charge in [0.05, 0.1) is 0 Å². The minimum atomic E-state index is -0.486. The Labute approximate surface area is 106 Å². The van der Waals surface area contributed by atoms with Crippen LogP contribution in [0.15, 0.2) is 27.4 Å². The molecular weight excluding hydrogens is 256 g/mol. The first-order valence-electron chi connectivity index (χ1n) is 4.74. The van der Waals surface area contributed by atoms with E-state index in [4.69, 9.17) is 11.5 Å². The van der Waals surface area contributed by atoms with Crippen molar-refractivity contribution in [2.24, 2.45) is 5.73 Å². The lowest BCUT2D eigenvalue weighted by Gasteiger charge is -2.04. The summed E-state index contributed by atoms with van der Waals surface area (Å²) in [5, 5.41) is 0. The van der Waals surface area contributed by atoms with E-state index in [1.165, 1.54) is 23.3 Å². The first-order valence-corrected chi connectivity index (χ1v) is 6.33. The fourth-order valence-electron chi connectivity index (χ4n) is 1.21. The average molecular weight is 266 g/mol. The fourth-order valence-corrected chi connectivity index (χ4v) is 2.84. The molecule has 0 aliphatic rings. The van der Waals surface area contributed by atoms with Crippen molar-refractivity contribution < 1.29 is 4.79 Å². The van der Waals surface area contributed by atoms with Crippen LogP contribution in [0.3, 0.4) is 0 Å². The van der Waals surface area contributed by atoms with Crippen molar-refractivity contribution in [2.45, 2.75) is 16.2 Å². The number of nitrogens with two attached hydrogens (primary N) is 2. The van der Waals surface area contributed by atoms with Gasteiger partial charge < -0.3 is 11.5 Å². The molecule has 1 aromatic heterocycles. The third-order valence-corrected chi connectivity index (χ3v) is 3.93. The summed E-state index contributed by atoms with van der Waals surface area (Å²) in [4.78, 5) is 16.0. The van der Waals surface area contributed by atoms with E-state index in [9.17, 15) is 4.79 Å². The normalized spacial score (nSPS) is 10.4. The lowest BCUT2D eigenvalue weighted by Crippen LogP contribution is -2.11. The number of aryl methyl sites for hydroxylation is 1. The van der Waals surface area contributed by atoms with E-state index >= 15 is 0 Å². The highest BCUT2D eigenvalue weighted by atomic mass is 32.2. The molecule has 0 atom stereocenters. The van der Waals surface area contributed by atoms with Gasteiger partial charge in [0.15, 0.2) is 4.34 Å². The molecule has 0 saturated carbocycles.